The molecule has 5 nitrogen and oxygen atoms in total. The minimum Gasteiger partial charge on any atom is -0.301 e. The predicted molar refractivity (Wildman–Crippen MR) is 104 cm³/mol. The van der Waals surface area contributed by atoms with E-state index >= 15 is 0 Å². The molecule has 0 radical (unpaired) electrons. The number of benzene rings is 1. The van der Waals surface area contributed by atoms with Gasteiger partial charge in [-0.05, 0) is 44.5 Å². The Hall–Kier alpha value is -1.65. The summed E-state index contributed by atoms with van der Waals surface area (Å²) >= 11 is 7.03. The molecule has 11 heteroatoms. The average Bonchev–Trinajstić information content (AvgIpc) is 3.01. The molecule has 0 saturated heterocycles. The van der Waals surface area contributed by atoms with E-state index in [0.717, 1.165) is 23.5 Å². The van der Waals surface area contributed by atoms with E-state index in [4.69, 9.17) is 11.6 Å². The van der Waals surface area contributed by atoms with Crippen molar-refractivity contribution >= 4 is 43.8 Å². The first kappa shape index (κ1) is 22.6. The molecule has 1 N–H and O–H groups in total. The monoisotopic (exact) mass is 454 g/mol. The fourth-order valence-corrected chi connectivity index (χ4v) is 4.48. The molecule has 1 atom stereocenters. The number of alkyl halides is 3. The van der Waals surface area contributed by atoms with Gasteiger partial charge in [0, 0.05) is 22.5 Å². The third kappa shape index (κ3) is 5.24. The predicted octanol–water partition coefficient (Wildman–Crippen LogP) is 4.56. The number of carbonyl (C=O) groups excluding carboxylic acids is 1. The van der Waals surface area contributed by atoms with E-state index in [1.54, 1.807) is 0 Å². The van der Waals surface area contributed by atoms with Gasteiger partial charge in [-0.1, -0.05) is 11.6 Å². The Morgan fingerprint density at radius 3 is 2.50 bits per heavy atom. The topological polar surface area (TPSA) is 76.1 Å². The van der Waals surface area contributed by atoms with Crippen LogP contribution in [0, 0.1) is 0 Å². The molecule has 1 unspecified atom stereocenters. The van der Waals surface area contributed by atoms with Crippen molar-refractivity contribution in [2.24, 2.45) is 0 Å². The number of thiazole rings is 1. The Morgan fingerprint density at radius 2 is 1.93 bits per heavy atom. The molecule has 2 rings (SSSR count). The summed E-state index contributed by atoms with van der Waals surface area (Å²) in [5, 5.41) is 0.823. The fraction of sp³-hybridized carbons (Fsp3) is 0.412. The lowest BCUT2D eigenvalue weighted by Crippen LogP contribution is -2.36. The van der Waals surface area contributed by atoms with E-state index in [1.807, 2.05) is 0 Å². The van der Waals surface area contributed by atoms with E-state index < -0.39 is 38.0 Å². The lowest BCUT2D eigenvalue weighted by Gasteiger charge is -2.14. The van der Waals surface area contributed by atoms with Crippen LogP contribution >= 0.6 is 22.9 Å². The van der Waals surface area contributed by atoms with Crippen molar-refractivity contribution in [2.75, 3.05) is 5.32 Å². The largest absolute Gasteiger partial charge is 0.416 e. The first-order chi connectivity index (χ1) is 12.8. The van der Waals surface area contributed by atoms with Gasteiger partial charge < -0.3 is 5.32 Å². The highest BCUT2D eigenvalue weighted by molar-refractivity contribution is 7.93. The van der Waals surface area contributed by atoms with Gasteiger partial charge in [0.05, 0.1) is 10.8 Å². The van der Waals surface area contributed by atoms with Gasteiger partial charge in [0.15, 0.2) is 15.0 Å². The minimum absolute atomic E-state index is 0.0934. The van der Waals surface area contributed by atoms with Crippen molar-refractivity contribution < 1.29 is 26.4 Å². The van der Waals surface area contributed by atoms with E-state index in [-0.39, 0.29) is 22.1 Å². The van der Waals surface area contributed by atoms with Crippen LogP contribution in [0.4, 0.5) is 18.3 Å². The number of hydrogen-bond donors (Lipinski definition) is 1. The summed E-state index contributed by atoms with van der Waals surface area (Å²) in [7, 11) is -3.62. The Morgan fingerprint density at radius 1 is 1.29 bits per heavy atom. The maximum absolute atomic E-state index is 12.9. The van der Waals surface area contributed by atoms with Crippen molar-refractivity contribution in [3.05, 3.63) is 45.4 Å². The molecule has 1 aromatic carbocycles. The second-order valence-corrected chi connectivity index (χ2v) is 10.7. The summed E-state index contributed by atoms with van der Waals surface area (Å²) in [6, 6.07) is 3.06. The Balaban J connectivity index is 2.14. The highest BCUT2D eigenvalue weighted by Gasteiger charge is 2.32. The van der Waals surface area contributed by atoms with Crippen molar-refractivity contribution in [1.82, 2.24) is 4.98 Å². The van der Waals surface area contributed by atoms with Gasteiger partial charge in [-0.3, -0.25) is 4.79 Å². The van der Waals surface area contributed by atoms with Gasteiger partial charge in [0.25, 0.3) is 0 Å². The molecule has 2 aromatic rings. The SMILES string of the molecule is CC(C)S(=O)(=O)C(C)C(=O)Nc1ncc(Cc2cc(C(F)(F)F)ccc2Cl)s1. The first-order valence-corrected chi connectivity index (χ1v) is 11.0. The number of rotatable bonds is 6. The van der Waals surface area contributed by atoms with Gasteiger partial charge in [0.1, 0.15) is 5.25 Å². The van der Waals surface area contributed by atoms with Crippen LogP contribution in [0.1, 0.15) is 36.8 Å². The van der Waals surface area contributed by atoms with Crippen LogP contribution in [0.2, 0.25) is 5.02 Å². The summed E-state index contributed by atoms with van der Waals surface area (Å²) in [4.78, 5) is 16.7. The number of nitrogens with zero attached hydrogens (tertiary/aromatic N) is 1. The summed E-state index contributed by atoms with van der Waals surface area (Å²) in [5.41, 5.74) is -0.536. The highest BCUT2D eigenvalue weighted by Crippen LogP contribution is 2.33. The van der Waals surface area contributed by atoms with Crippen LogP contribution in [0.5, 0.6) is 0 Å². The van der Waals surface area contributed by atoms with Crippen molar-refractivity contribution in [3.8, 4) is 0 Å². The summed E-state index contributed by atoms with van der Waals surface area (Å²) in [6.45, 7) is 4.26. The van der Waals surface area contributed by atoms with Gasteiger partial charge >= 0.3 is 6.18 Å². The molecule has 0 fully saturated rings. The standard InChI is InChI=1S/C17H18ClF3N2O3S2/c1-9(2)28(25,26)10(3)15(24)23-16-22-8-13(27-16)7-11-6-12(17(19,20)21)4-5-14(11)18/h4-6,8-10H,7H2,1-3H3,(H,22,23,24). The van der Waals surface area contributed by atoms with E-state index in [0.29, 0.717) is 4.88 Å². The van der Waals surface area contributed by atoms with Gasteiger partial charge in [-0.2, -0.15) is 13.2 Å². The molecular formula is C17H18ClF3N2O3S2. The van der Waals surface area contributed by atoms with Crippen LogP contribution in [-0.2, 0) is 27.2 Å². The normalized spacial score (nSPS) is 13.6. The third-order valence-corrected chi connectivity index (χ3v) is 7.84. The Labute approximate surface area is 169 Å². The number of sulfone groups is 1. The third-order valence-electron chi connectivity index (χ3n) is 4.04. The number of nitrogens with one attached hydrogen (secondary N) is 1. The average molecular weight is 455 g/mol. The number of carbonyl (C=O) groups is 1. The zero-order valence-corrected chi connectivity index (χ0v) is 17.6. The molecule has 28 heavy (non-hydrogen) atoms. The lowest BCUT2D eigenvalue weighted by atomic mass is 10.1. The minimum atomic E-state index is -4.48. The summed E-state index contributed by atoms with van der Waals surface area (Å²) in [6.07, 6.45) is -2.99. The number of aromatic nitrogens is 1. The maximum Gasteiger partial charge on any atom is 0.416 e. The molecule has 0 bridgehead atoms. The van der Waals surface area contributed by atoms with E-state index in [9.17, 15) is 26.4 Å². The van der Waals surface area contributed by atoms with E-state index in [2.05, 4.69) is 10.3 Å². The zero-order chi connectivity index (χ0) is 21.3. The maximum atomic E-state index is 12.9. The highest BCUT2D eigenvalue weighted by atomic mass is 35.5. The second-order valence-electron chi connectivity index (χ2n) is 6.38. The number of anilines is 1. The zero-order valence-electron chi connectivity index (χ0n) is 15.2. The molecule has 0 aliphatic heterocycles. The number of hydrogen-bond acceptors (Lipinski definition) is 5. The van der Waals surface area contributed by atoms with Crippen molar-refractivity contribution in [1.29, 1.82) is 0 Å². The molecule has 0 spiro atoms. The van der Waals surface area contributed by atoms with Crippen molar-refractivity contribution in [3.63, 3.8) is 0 Å². The van der Waals surface area contributed by atoms with Crippen molar-refractivity contribution in [2.45, 2.75) is 43.9 Å². The van der Waals surface area contributed by atoms with E-state index in [1.165, 1.54) is 33.0 Å². The molecule has 1 amide bonds. The van der Waals surface area contributed by atoms with Crippen LogP contribution in [0.25, 0.3) is 0 Å². The summed E-state index contributed by atoms with van der Waals surface area (Å²) in [5.74, 6) is -0.716. The molecule has 0 aliphatic rings. The van der Waals surface area contributed by atoms with Crippen LogP contribution in [0.15, 0.2) is 24.4 Å². The molecular weight excluding hydrogens is 437 g/mol. The first-order valence-electron chi connectivity index (χ1n) is 8.16. The summed E-state index contributed by atoms with van der Waals surface area (Å²) < 4.78 is 62.7. The number of halogens is 4. The lowest BCUT2D eigenvalue weighted by molar-refractivity contribution is -0.137. The molecule has 154 valence electrons. The fourth-order valence-electron chi connectivity index (χ4n) is 2.29. The molecule has 0 saturated carbocycles. The van der Waals surface area contributed by atoms with Crippen LogP contribution in [-0.4, -0.2) is 29.8 Å². The van der Waals surface area contributed by atoms with Gasteiger partial charge in [-0.25, -0.2) is 13.4 Å². The van der Waals surface area contributed by atoms with Gasteiger partial charge in [-0.15, -0.1) is 11.3 Å². The Bertz CT molecular complexity index is 972. The molecule has 1 heterocycles. The molecule has 0 aliphatic carbocycles. The Kier molecular flexibility index (Phi) is 6.78. The molecule has 1 aromatic heterocycles. The van der Waals surface area contributed by atoms with Gasteiger partial charge in [0.2, 0.25) is 5.91 Å². The smallest absolute Gasteiger partial charge is 0.301 e. The second kappa shape index (κ2) is 8.38. The van der Waals surface area contributed by atoms with Crippen LogP contribution in [0.3, 0.4) is 0 Å². The van der Waals surface area contributed by atoms with Crippen LogP contribution < -0.4 is 5.32 Å². The number of amides is 1. The quantitative estimate of drug-likeness (QED) is 0.694.